The van der Waals surface area contributed by atoms with Gasteiger partial charge in [0.05, 0.1) is 32.8 Å². The van der Waals surface area contributed by atoms with E-state index in [9.17, 15) is 14.7 Å². The molecule has 0 bridgehead atoms. The number of rotatable bonds is 5. The van der Waals surface area contributed by atoms with E-state index in [-0.39, 0.29) is 48.4 Å². The quantitative estimate of drug-likeness (QED) is 0.662. The average molecular weight is 455 g/mol. The topological polar surface area (TPSA) is 113 Å². The summed E-state index contributed by atoms with van der Waals surface area (Å²) in [7, 11) is 2.90. The fourth-order valence-corrected chi connectivity index (χ4v) is 5.12. The zero-order valence-corrected chi connectivity index (χ0v) is 18.5. The van der Waals surface area contributed by atoms with E-state index < -0.39 is 17.9 Å². The molecule has 1 fully saturated rings. The maximum Gasteiger partial charge on any atom is 0.310 e. The van der Waals surface area contributed by atoms with Crippen LogP contribution in [-0.2, 0) is 14.3 Å². The van der Waals surface area contributed by atoms with Crippen molar-refractivity contribution in [3.8, 4) is 28.7 Å². The van der Waals surface area contributed by atoms with Gasteiger partial charge in [0.25, 0.3) is 0 Å². The van der Waals surface area contributed by atoms with Crippen molar-refractivity contribution < 1.29 is 38.4 Å². The normalized spacial score (nSPS) is 24.5. The third kappa shape index (κ3) is 3.30. The smallest absolute Gasteiger partial charge is 0.310 e. The minimum atomic E-state index is -0.556. The largest absolute Gasteiger partial charge is 0.502 e. The Labute approximate surface area is 190 Å². The summed E-state index contributed by atoms with van der Waals surface area (Å²) in [6.07, 6.45) is 0.318. The lowest BCUT2D eigenvalue weighted by molar-refractivity contribution is -0.141. The van der Waals surface area contributed by atoms with Gasteiger partial charge in [0.1, 0.15) is 0 Å². The number of esters is 1. The molecule has 0 radical (unpaired) electrons. The molecule has 2 unspecified atom stereocenters. The molecule has 2 aliphatic heterocycles. The number of hydrogen-bond donors (Lipinski definition) is 2. The van der Waals surface area contributed by atoms with Gasteiger partial charge in [-0.2, -0.15) is 0 Å². The van der Waals surface area contributed by atoms with E-state index >= 15 is 0 Å². The van der Waals surface area contributed by atoms with Gasteiger partial charge in [-0.1, -0.05) is 6.92 Å². The Morgan fingerprint density at radius 1 is 1.06 bits per heavy atom. The fraction of sp³-hybridized carbons (Fsp3) is 0.417. The van der Waals surface area contributed by atoms with E-state index in [1.54, 1.807) is 19.1 Å². The van der Waals surface area contributed by atoms with Crippen molar-refractivity contribution in [2.75, 3.05) is 27.6 Å². The highest BCUT2D eigenvalue weighted by Gasteiger charge is 2.53. The second-order valence-corrected chi connectivity index (χ2v) is 8.30. The molecule has 3 aliphatic rings. The summed E-state index contributed by atoms with van der Waals surface area (Å²) in [5.41, 5.74) is 2.38. The molecule has 9 nitrogen and oxygen atoms in total. The van der Waals surface area contributed by atoms with Crippen molar-refractivity contribution in [1.82, 2.24) is 5.32 Å². The van der Waals surface area contributed by atoms with Gasteiger partial charge in [-0.15, -0.1) is 0 Å². The maximum absolute atomic E-state index is 13.0. The Morgan fingerprint density at radius 2 is 1.70 bits per heavy atom. The zero-order valence-electron chi connectivity index (χ0n) is 18.5. The van der Waals surface area contributed by atoms with Crippen molar-refractivity contribution in [3.05, 3.63) is 41.0 Å². The molecule has 1 aliphatic carbocycles. The highest BCUT2D eigenvalue weighted by atomic mass is 16.7. The lowest BCUT2D eigenvalue weighted by Crippen LogP contribution is -2.42. The van der Waals surface area contributed by atoms with Crippen molar-refractivity contribution in [3.63, 3.8) is 0 Å². The first-order valence-electron chi connectivity index (χ1n) is 10.8. The van der Waals surface area contributed by atoms with Crippen LogP contribution in [0.3, 0.4) is 0 Å². The van der Waals surface area contributed by atoms with Gasteiger partial charge >= 0.3 is 5.97 Å². The first kappa shape index (κ1) is 21.2. The van der Waals surface area contributed by atoms with Crippen molar-refractivity contribution >= 4 is 11.9 Å². The minimum absolute atomic E-state index is 0.102. The van der Waals surface area contributed by atoms with Gasteiger partial charge in [0.2, 0.25) is 18.4 Å². The molecule has 33 heavy (non-hydrogen) atoms. The van der Waals surface area contributed by atoms with E-state index in [4.69, 9.17) is 23.7 Å². The predicted molar refractivity (Wildman–Crippen MR) is 115 cm³/mol. The minimum Gasteiger partial charge on any atom is -0.502 e. The lowest BCUT2D eigenvalue weighted by atomic mass is 9.65. The molecular formula is C24H25NO8. The number of nitrogens with one attached hydrogen (secondary N) is 1. The van der Waals surface area contributed by atoms with E-state index in [0.29, 0.717) is 17.9 Å². The number of phenols is 1. The van der Waals surface area contributed by atoms with Crippen molar-refractivity contribution in [2.45, 2.75) is 25.3 Å². The zero-order chi connectivity index (χ0) is 23.3. The highest BCUT2D eigenvalue weighted by Crippen LogP contribution is 2.55. The average Bonchev–Trinajstić information content (AvgIpc) is 3.44. The van der Waals surface area contributed by atoms with Crippen LogP contribution in [0.5, 0.6) is 28.7 Å². The second kappa shape index (κ2) is 8.06. The van der Waals surface area contributed by atoms with Crippen molar-refractivity contribution in [1.29, 1.82) is 0 Å². The third-order valence-corrected chi connectivity index (χ3v) is 6.69. The number of benzene rings is 2. The summed E-state index contributed by atoms with van der Waals surface area (Å²) in [6.45, 7) is 2.07. The van der Waals surface area contributed by atoms with Crippen LogP contribution in [0.15, 0.2) is 24.3 Å². The van der Waals surface area contributed by atoms with Gasteiger partial charge in [-0.3, -0.25) is 9.59 Å². The molecule has 4 atom stereocenters. The van der Waals surface area contributed by atoms with E-state index in [1.165, 1.54) is 14.2 Å². The van der Waals surface area contributed by atoms with Crippen LogP contribution in [-0.4, -0.2) is 44.6 Å². The number of carbonyl (C=O) groups excluding carboxylic acids is 2. The highest BCUT2D eigenvalue weighted by molar-refractivity contribution is 5.81. The van der Waals surface area contributed by atoms with Gasteiger partial charge in [-0.25, -0.2) is 0 Å². The van der Waals surface area contributed by atoms with Crippen LogP contribution in [0.25, 0.3) is 0 Å². The molecule has 174 valence electrons. The van der Waals surface area contributed by atoms with Gasteiger partial charge < -0.3 is 34.1 Å². The number of fused-ring (bicyclic) bond motifs is 3. The molecule has 1 amide bonds. The number of cyclic esters (lactones) is 1. The molecular weight excluding hydrogens is 430 g/mol. The molecule has 5 rings (SSSR count). The van der Waals surface area contributed by atoms with Gasteiger partial charge in [0.15, 0.2) is 23.0 Å². The van der Waals surface area contributed by atoms with Crippen molar-refractivity contribution in [2.24, 2.45) is 11.8 Å². The molecule has 9 heteroatoms. The molecule has 1 saturated heterocycles. The number of aromatic hydroxyl groups is 1. The molecule has 2 aromatic rings. The molecule has 2 N–H and O–H groups in total. The van der Waals surface area contributed by atoms with Crippen LogP contribution in [0.1, 0.15) is 42.0 Å². The summed E-state index contributed by atoms with van der Waals surface area (Å²) in [4.78, 5) is 25.4. The molecule has 0 saturated carbocycles. The van der Waals surface area contributed by atoms with Crippen LogP contribution < -0.4 is 24.3 Å². The number of carbonyl (C=O) groups is 2. The number of ether oxygens (including phenoxy) is 5. The molecule has 2 heterocycles. The van der Waals surface area contributed by atoms with Crippen LogP contribution in [0.2, 0.25) is 0 Å². The summed E-state index contributed by atoms with van der Waals surface area (Å²) in [5.74, 6) is -0.225. The number of hydrogen-bond acceptors (Lipinski definition) is 8. The number of phenolic OH excluding ortho intramolecular Hbond substituents is 1. The van der Waals surface area contributed by atoms with Crippen LogP contribution in [0, 0.1) is 11.8 Å². The van der Waals surface area contributed by atoms with E-state index in [1.807, 2.05) is 12.1 Å². The fourth-order valence-electron chi connectivity index (χ4n) is 5.12. The Bertz CT molecular complexity index is 1100. The van der Waals surface area contributed by atoms with E-state index in [0.717, 1.165) is 16.7 Å². The van der Waals surface area contributed by atoms with E-state index in [2.05, 4.69) is 5.32 Å². The Balaban J connectivity index is 1.74. The Hall–Kier alpha value is -3.62. The van der Waals surface area contributed by atoms with Gasteiger partial charge in [0, 0.05) is 18.3 Å². The molecule has 0 aromatic heterocycles. The Kier molecular flexibility index (Phi) is 5.19. The summed E-state index contributed by atoms with van der Waals surface area (Å²) < 4.78 is 27.4. The third-order valence-electron chi connectivity index (χ3n) is 6.69. The first-order valence-corrected chi connectivity index (χ1v) is 10.8. The maximum atomic E-state index is 13.0. The predicted octanol–water partition coefficient (Wildman–Crippen LogP) is 2.64. The number of amides is 1. The number of methoxy groups -OCH3 is 2. The molecule has 0 spiro atoms. The van der Waals surface area contributed by atoms with Crippen LogP contribution in [0.4, 0.5) is 0 Å². The molecule has 2 aromatic carbocycles. The second-order valence-electron chi connectivity index (χ2n) is 8.30. The SMILES string of the molecule is CCC(=O)N[C@@H]1c2cc3c(cc2C(c2cc(OC)c(O)c(OC)c2)C2C(=O)OC[C@@H]21)OCO3. The van der Waals surface area contributed by atoms with Crippen LogP contribution >= 0.6 is 0 Å². The summed E-state index contributed by atoms with van der Waals surface area (Å²) in [5, 5.41) is 13.5. The lowest BCUT2D eigenvalue weighted by Gasteiger charge is -2.39. The first-order chi connectivity index (χ1) is 16.0. The monoisotopic (exact) mass is 455 g/mol. The summed E-state index contributed by atoms with van der Waals surface area (Å²) in [6, 6.07) is 6.71. The Morgan fingerprint density at radius 3 is 2.30 bits per heavy atom. The standard InChI is InChI=1S/C24H25NO8/c1-4-19(26)25-22-13-8-16-15(32-10-33-16)7-12(13)20(21-14(22)9-31-24(21)28)11-5-17(29-2)23(27)18(6-11)30-3/h5-8,14,20-22,27H,4,9-10H2,1-3H3,(H,25,26)/t14-,20?,21?,22+/m0/s1. The van der Waals surface area contributed by atoms with Gasteiger partial charge in [-0.05, 0) is 41.0 Å². The summed E-state index contributed by atoms with van der Waals surface area (Å²) >= 11 is 0.